The Morgan fingerprint density at radius 3 is 2.48 bits per heavy atom. The minimum Gasteiger partial charge on any atom is -0.505 e. The maximum absolute atomic E-state index is 11.9. The predicted octanol–water partition coefficient (Wildman–Crippen LogP) is 4.64. The first-order valence-corrected chi connectivity index (χ1v) is 7.63. The highest BCUT2D eigenvalue weighted by Gasteiger charge is 2.19. The molecule has 0 atom stereocenters. The Kier molecular flexibility index (Phi) is 5.83. The molecule has 5 nitrogen and oxygen atoms in total. The van der Waals surface area contributed by atoms with Crippen molar-refractivity contribution < 1.29 is 19.4 Å². The number of hydrogen-bond acceptors (Lipinski definition) is 5. The molecule has 0 bridgehead atoms. The van der Waals surface area contributed by atoms with E-state index in [0.29, 0.717) is 22.2 Å². The lowest BCUT2D eigenvalue weighted by Crippen LogP contribution is -2.08. The number of aromatic hydroxyl groups is 1. The van der Waals surface area contributed by atoms with Crippen molar-refractivity contribution in [1.82, 2.24) is 4.98 Å². The van der Waals surface area contributed by atoms with Gasteiger partial charge in [0.1, 0.15) is 11.5 Å². The first-order valence-electron chi connectivity index (χ1n) is 7.63. The molecule has 2 aromatic carbocycles. The average Bonchev–Trinajstić information content (AvgIpc) is 2.59. The summed E-state index contributed by atoms with van der Waals surface area (Å²) in [7, 11) is 0. The number of carbonyl (C=O) groups is 1. The van der Waals surface area contributed by atoms with Crippen molar-refractivity contribution in [3.05, 3.63) is 59.9 Å². The molecule has 1 heterocycles. The molecule has 1 N–H and O–H groups in total. The molecule has 0 aliphatic heterocycles. The molecule has 0 unspecified atom stereocenters. The summed E-state index contributed by atoms with van der Waals surface area (Å²) in [6.45, 7) is 3.70. The Bertz CT molecular complexity index is 897. The smallest absolute Gasteiger partial charge is 0.360 e. The molecule has 25 heavy (non-hydrogen) atoms. The molecule has 1 aromatic heterocycles. The summed E-state index contributed by atoms with van der Waals surface area (Å²) in [5.74, 6) is 0.529. The fraction of sp³-hybridized carbons (Fsp3) is 0.158. The van der Waals surface area contributed by atoms with E-state index < -0.39 is 5.97 Å². The van der Waals surface area contributed by atoms with Crippen molar-refractivity contribution in [2.24, 2.45) is 0 Å². The molecule has 0 fully saturated rings. The zero-order valence-electron chi connectivity index (χ0n) is 13.9. The number of aromatic nitrogens is 1. The van der Waals surface area contributed by atoms with Crippen molar-refractivity contribution in [3.8, 4) is 17.2 Å². The van der Waals surface area contributed by atoms with Crippen LogP contribution < -0.4 is 4.74 Å². The first-order chi connectivity index (χ1) is 11.6. The topological polar surface area (TPSA) is 68.7 Å². The molecule has 130 valence electrons. The highest BCUT2D eigenvalue weighted by Crippen LogP contribution is 2.33. The van der Waals surface area contributed by atoms with Crippen LogP contribution in [-0.2, 0) is 4.74 Å². The van der Waals surface area contributed by atoms with Gasteiger partial charge in [-0.2, -0.15) is 0 Å². The van der Waals surface area contributed by atoms with Crippen LogP contribution >= 0.6 is 12.4 Å². The van der Waals surface area contributed by atoms with Crippen LogP contribution in [0.25, 0.3) is 10.8 Å². The van der Waals surface area contributed by atoms with Gasteiger partial charge in [0.25, 0.3) is 0 Å². The highest BCUT2D eigenvalue weighted by molar-refractivity contribution is 6.00. The van der Waals surface area contributed by atoms with Gasteiger partial charge >= 0.3 is 5.97 Å². The molecule has 0 saturated heterocycles. The summed E-state index contributed by atoms with van der Waals surface area (Å²) in [4.78, 5) is 16.1. The molecule has 0 aliphatic carbocycles. The third-order valence-electron chi connectivity index (χ3n) is 3.59. The summed E-state index contributed by atoms with van der Waals surface area (Å²) in [5, 5.41) is 11.6. The lowest BCUT2D eigenvalue weighted by atomic mass is 10.1. The van der Waals surface area contributed by atoms with Crippen molar-refractivity contribution in [1.29, 1.82) is 0 Å². The van der Waals surface area contributed by atoms with E-state index in [1.165, 1.54) is 0 Å². The van der Waals surface area contributed by atoms with E-state index in [1.54, 1.807) is 32.0 Å². The molecule has 0 amide bonds. The summed E-state index contributed by atoms with van der Waals surface area (Å²) < 4.78 is 10.7. The standard InChI is InChI=1S/C19H17NO4.ClH/c1-3-23-19(22)17-18(21)15-10-9-14(11-16(15)12(2)20-17)24-13-7-5-4-6-8-13;/h4-11,21H,3H2,1-2H3;1H. The van der Waals surface area contributed by atoms with Crippen LogP contribution in [0.2, 0.25) is 0 Å². The Balaban J connectivity index is 0.00000225. The number of aryl methyl sites for hydroxylation is 1. The van der Waals surface area contributed by atoms with Crippen LogP contribution in [0.1, 0.15) is 23.1 Å². The van der Waals surface area contributed by atoms with Gasteiger partial charge in [-0.25, -0.2) is 9.78 Å². The fourth-order valence-electron chi connectivity index (χ4n) is 2.47. The molecule has 3 rings (SSSR count). The highest BCUT2D eigenvalue weighted by atomic mass is 35.5. The molecular formula is C19H18ClNO4. The third-order valence-corrected chi connectivity index (χ3v) is 3.59. The number of hydrogen-bond donors (Lipinski definition) is 1. The largest absolute Gasteiger partial charge is 0.505 e. The maximum Gasteiger partial charge on any atom is 0.360 e. The number of carbonyl (C=O) groups excluding carboxylic acids is 1. The van der Waals surface area contributed by atoms with Crippen LogP contribution in [0.5, 0.6) is 17.2 Å². The lowest BCUT2D eigenvalue weighted by molar-refractivity contribution is 0.0516. The van der Waals surface area contributed by atoms with E-state index in [2.05, 4.69) is 4.98 Å². The Labute approximate surface area is 151 Å². The molecular weight excluding hydrogens is 342 g/mol. The number of halogens is 1. The molecule has 0 aliphatic rings. The van der Waals surface area contributed by atoms with E-state index >= 15 is 0 Å². The van der Waals surface area contributed by atoms with Crippen LogP contribution in [0.15, 0.2) is 48.5 Å². The van der Waals surface area contributed by atoms with Gasteiger partial charge in [-0.3, -0.25) is 0 Å². The summed E-state index contributed by atoms with van der Waals surface area (Å²) >= 11 is 0. The maximum atomic E-state index is 11.9. The summed E-state index contributed by atoms with van der Waals surface area (Å²) in [6, 6.07) is 14.6. The fourth-order valence-corrected chi connectivity index (χ4v) is 2.47. The van der Waals surface area contributed by atoms with Crippen molar-refractivity contribution in [2.45, 2.75) is 13.8 Å². The summed E-state index contributed by atoms with van der Waals surface area (Å²) in [6.07, 6.45) is 0. The zero-order chi connectivity index (χ0) is 17.1. The Morgan fingerprint density at radius 1 is 1.08 bits per heavy atom. The van der Waals surface area contributed by atoms with E-state index in [0.717, 1.165) is 5.75 Å². The number of fused-ring (bicyclic) bond motifs is 1. The quantitative estimate of drug-likeness (QED) is 0.687. The van der Waals surface area contributed by atoms with Gasteiger partial charge in [0.15, 0.2) is 11.4 Å². The van der Waals surface area contributed by atoms with Crippen molar-refractivity contribution >= 4 is 29.1 Å². The van der Waals surface area contributed by atoms with E-state index in [4.69, 9.17) is 9.47 Å². The van der Waals surface area contributed by atoms with Crippen LogP contribution in [0.3, 0.4) is 0 Å². The predicted molar refractivity (Wildman–Crippen MR) is 97.9 cm³/mol. The lowest BCUT2D eigenvalue weighted by Gasteiger charge is -2.11. The molecule has 0 spiro atoms. The van der Waals surface area contributed by atoms with Gasteiger partial charge in [-0.05, 0) is 44.2 Å². The number of benzene rings is 2. The number of para-hydroxylation sites is 1. The van der Waals surface area contributed by atoms with Crippen molar-refractivity contribution in [3.63, 3.8) is 0 Å². The van der Waals surface area contributed by atoms with Crippen molar-refractivity contribution in [2.75, 3.05) is 6.61 Å². The van der Waals surface area contributed by atoms with Gasteiger partial charge in [-0.15, -0.1) is 12.4 Å². The molecule has 0 saturated carbocycles. The van der Waals surface area contributed by atoms with E-state index in [9.17, 15) is 9.90 Å². The number of ether oxygens (including phenoxy) is 2. The van der Waals surface area contributed by atoms with Crippen LogP contribution in [0.4, 0.5) is 0 Å². The summed E-state index contributed by atoms with van der Waals surface area (Å²) in [5.41, 5.74) is 0.544. The molecule has 6 heteroatoms. The minimum atomic E-state index is -0.635. The Hall–Kier alpha value is -2.79. The van der Waals surface area contributed by atoms with Gasteiger partial charge < -0.3 is 14.6 Å². The second-order valence-electron chi connectivity index (χ2n) is 5.24. The average molecular weight is 360 g/mol. The monoisotopic (exact) mass is 359 g/mol. The minimum absolute atomic E-state index is 0. The zero-order valence-corrected chi connectivity index (χ0v) is 14.7. The number of pyridine rings is 1. The van der Waals surface area contributed by atoms with Gasteiger partial charge in [0, 0.05) is 16.5 Å². The first kappa shape index (κ1) is 18.5. The number of nitrogens with zero attached hydrogens (tertiary/aromatic N) is 1. The van der Waals surface area contributed by atoms with Crippen LogP contribution in [0, 0.1) is 6.92 Å². The van der Waals surface area contributed by atoms with E-state index in [-0.39, 0.29) is 30.5 Å². The SMILES string of the molecule is CCOC(=O)c1nc(C)c2cc(Oc3ccccc3)ccc2c1O.Cl. The second kappa shape index (κ2) is 7.85. The van der Waals surface area contributed by atoms with E-state index in [1.807, 2.05) is 30.3 Å². The molecule has 3 aromatic rings. The Morgan fingerprint density at radius 2 is 1.80 bits per heavy atom. The third kappa shape index (κ3) is 3.83. The molecule has 0 radical (unpaired) electrons. The van der Waals surface area contributed by atoms with Gasteiger partial charge in [0.2, 0.25) is 0 Å². The normalized spacial score (nSPS) is 10.2. The number of rotatable bonds is 4. The van der Waals surface area contributed by atoms with Gasteiger partial charge in [0.05, 0.1) is 6.61 Å². The van der Waals surface area contributed by atoms with Crippen LogP contribution in [-0.4, -0.2) is 22.7 Å². The second-order valence-corrected chi connectivity index (χ2v) is 5.24. The van der Waals surface area contributed by atoms with Gasteiger partial charge in [-0.1, -0.05) is 18.2 Å². The number of esters is 1.